The normalized spacial score (nSPS) is 14.5. The van der Waals surface area contributed by atoms with Crippen LogP contribution in [0.3, 0.4) is 0 Å². The third kappa shape index (κ3) is 5.03. The minimum absolute atomic E-state index is 0.174. The molecule has 1 aromatic carbocycles. The van der Waals surface area contributed by atoms with Crippen LogP contribution in [0, 0.1) is 6.92 Å². The predicted molar refractivity (Wildman–Crippen MR) is 123 cm³/mol. The lowest BCUT2D eigenvalue weighted by Gasteiger charge is -2.28. The van der Waals surface area contributed by atoms with E-state index in [4.69, 9.17) is 11.6 Å². The zero-order chi connectivity index (χ0) is 21.1. The van der Waals surface area contributed by atoms with Gasteiger partial charge in [0.2, 0.25) is 5.95 Å². The quantitative estimate of drug-likeness (QED) is 0.532. The Morgan fingerprint density at radius 2 is 1.70 bits per heavy atom. The lowest BCUT2D eigenvalue weighted by atomic mass is 10.1. The van der Waals surface area contributed by atoms with E-state index in [0.717, 1.165) is 41.6 Å². The highest BCUT2D eigenvalue weighted by atomic mass is 35.5. The van der Waals surface area contributed by atoms with Gasteiger partial charge in [-0.2, -0.15) is 4.98 Å². The van der Waals surface area contributed by atoms with Crippen molar-refractivity contribution in [3.8, 4) is 0 Å². The zero-order valence-corrected chi connectivity index (χ0v) is 18.8. The molecular weight excluding hydrogens is 442 g/mol. The maximum atomic E-state index is 12.4. The number of nitrogens with zero attached hydrogens (tertiary/aromatic N) is 3. The van der Waals surface area contributed by atoms with Crippen LogP contribution in [0.15, 0.2) is 46.7 Å². The van der Waals surface area contributed by atoms with E-state index in [2.05, 4.69) is 24.9 Å². The van der Waals surface area contributed by atoms with Gasteiger partial charge in [-0.15, -0.1) is 11.3 Å². The molecule has 30 heavy (non-hydrogen) atoms. The molecule has 0 bridgehead atoms. The van der Waals surface area contributed by atoms with Crippen molar-refractivity contribution in [1.29, 1.82) is 0 Å². The fourth-order valence-corrected chi connectivity index (χ4v) is 5.83. The van der Waals surface area contributed by atoms with Gasteiger partial charge in [0.25, 0.3) is 10.0 Å². The maximum absolute atomic E-state index is 12.4. The summed E-state index contributed by atoms with van der Waals surface area (Å²) < 4.78 is 28.0. The van der Waals surface area contributed by atoms with E-state index in [-0.39, 0.29) is 4.21 Å². The Morgan fingerprint density at radius 3 is 2.37 bits per heavy atom. The second-order valence-electron chi connectivity index (χ2n) is 7.11. The Bertz CT molecular complexity index is 1130. The van der Waals surface area contributed by atoms with E-state index in [9.17, 15) is 8.42 Å². The lowest BCUT2D eigenvalue weighted by molar-refractivity contribution is 0.573. The first-order valence-corrected chi connectivity index (χ1v) is 12.3. The van der Waals surface area contributed by atoms with Crippen molar-refractivity contribution in [2.24, 2.45) is 0 Å². The summed E-state index contributed by atoms with van der Waals surface area (Å²) in [7, 11) is -3.65. The minimum atomic E-state index is -3.65. The van der Waals surface area contributed by atoms with Crippen molar-refractivity contribution >= 4 is 56.1 Å². The molecule has 3 aromatic rings. The average Bonchev–Trinajstić information content (AvgIpc) is 3.17. The number of benzene rings is 1. The van der Waals surface area contributed by atoms with E-state index in [1.54, 1.807) is 30.3 Å². The molecule has 158 valence electrons. The van der Waals surface area contributed by atoms with Crippen molar-refractivity contribution < 1.29 is 8.42 Å². The Balaban J connectivity index is 1.46. The lowest BCUT2D eigenvalue weighted by Crippen LogP contribution is -2.30. The molecule has 3 heterocycles. The summed E-state index contributed by atoms with van der Waals surface area (Å²) in [5, 5.41) is 3.21. The second-order valence-corrected chi connectivity index (χ2v) is 10.7. The molecule has 10 heteroatoms. The van der Waals surface area contributed by atoms with Gasteiger partial charge < -0.3 is 10.2 Å². The van der Waals surface area contributed by atoms with Crippen LogP contribution in [0.25, 0.3) is 0 Å². The molecule has 1 fully saturated rings. The molecule has 1 aliphatic rings. The maximum Gasteiger partial charge on any atom is 0.271 e. The largest absolute Gasteiger partial charge is 0.356 e. The number of piperidine rings is 1. The molecule has 0 atom stereocenters. The van der Waals surface area contributed by atoms with Gasteiger partial charge in [-0.05, 0) is 62.6 Å². The molecule has 0 unspecified atom stereocenters. The first kappa shape index (κ1) is 20.9. The van der Waals surface area contributed by atoms with Gasteiger partial charge >= 0.3 is 0 Å². The Kier molecular flexibility index (Phi) is 6.12. The molecule has 0 aliphatic carbocycles. The van der Waals surface area contributed by atoms with Crippen molar-refractivity contribution in [1.82, 2.24) is 9.97 Å². The SMILES string of the molecule is Cc1cc(N2CCCCC2)nc(Nc2ccc(NS(=O)(=O)c3ccc(Cl)s3)cc2)n1. The standard InChI is InChI=1S/C20H22ClN5O2S2/c1-14-13-18(26-11-3-2-4-12-26)24-20(22-14)23-15-5-7-16(8-6-15)25-30(27,28)19-10-9-17(21)29-19/h5-10,13,25H,2-4,11-12H2,1H3,(H,22,23,24). The fraction of sp³-hybridized carbons (Fsp3) is 0.300. The smallest absolute Gasteiger partial charge is 0.271 e. The predicted octanol–water partition coefficient (Wildman–Crippen LogP) is 5.03. The molecule has 1 aliphatic heterocycles. The van der Waals surface area contributed by atoms with Crippen LogP contribution in [0.5, 0.6) is 0 Å². The number of sulfonamides is 1. The van der Waals surface area contributed by atoms with Crippen LogP contribution >= 0.6 is 22.9 Å². The molecule has 2 N–H and O–H groups in total. The van der Waals surface area contributed by atoms with Crippen molar-refractivity contribution in [2.75, 3.05) is 28.0 Å². The first-order valence-electron chi connectivity index (χ1n) is 9.65. The van der Waals surface area contributed by atoms with Crippen LogP contribution in [0.2, 0.25) is 4.34 Å². The monoisotopic (exact) mass is 463 g/mol. The number of halogens is 1. The van der Waals surface area contributed by atoms with Crippen molar-refractivity contribution in [3.63, 3.8) is 0 Å². The van der Waals surface area contributed by atoms with E-state index in [0.29, 0.717) is 16.0 Å². The van der Waals surface area contributed by atoms with Crippen molar-refractivity contribution in [3.05, 3.63) is 52.5 Å². The van der Waals surface area contributed by atoms with Gasteiger partial charge in [0, 0.05) is 36.2 Å². The van der Waals surface area contributed by atoms with Crippen LogP contribution in [-0.4, -0.2) is 31.5 Å². The molecule has 0 saturated carbocycles. The van der Waals surface area contributed by atoms with E-state index < -0.39 is 10.0 Å². The van der Waals surface area contributed by atoms with Gasteiger partial charge in [0.1, 0.15) is 10.0 Å². The highest BCUT2D eigenvalue weighted by Gasteiger charge is 2.17. The van der Waals surface area contributed by atoms with Crippen LogP contribution in [-0.2, 0) is 10.0 Å². The number of aromatic nitrogens is 2. The van der Waals surface area contributed by atoms with Gasteiger partial charge in [0.15, 0.2) is 0 Å². The molecule has 1 saturated heterocycles. The average molecular weight is 464 g/mol. The summed E-state index contributed by atoms with van der Waals surface area (Å²) in [6, 6.07) is 12.0. The van der Waals surface area contributed by atoms with Gasteiger partial charge in [-0.3, -0.25) is 4.72 Å². The number of nitrogens with one attached hydrogen (secondary N) is 2. The van der Waals surface area contributed by atoms with Gasteiger partial charge in [-0.25, -0.2) is 13.4 Å². The van der Waals surface area contributed by atoms with Crippen LogP contribution in [0.1, 0.15) is 25.0 Å². The third-order valence-corrected chi connectivity index (χ3v) is 7.83. The highest BCUT2D eigenvalue weighted by molar-refractivity contribution is 7.94. The summed E-state index contributed by atoms with van der Waals surface area (Å²) >= 11 is 6.86. The van der Waals surface area contributed by atoms with Crippen LogP contribution < -0.4 is 14.9 Å². The van der Waals surface area contributed by atoms with E-state index in [1.807, 2.05) is 13.0 Å². The number of thiophene rings is 1. The molecule has 2 aromatic heterocycles. The Hall–Kier alpha value is -2.36. The number of hydrogen-bond donors (Lipinski definition) is 2. The summed E-state index contributed by atoms with van der Waals surface area (Å²) in [6.07, 6.45) is 3.63. The molecule has 7 nitrogen and oxygen atoms in total. The fourth-order valence-electron chi connectivity index (χ4n) is 3.29. The second kappa shape index (κ2) is 8.79. The van der Waals surface area contributed by atoms with E-state index in [1.165, 1.54) is 25.3 Å². The van der Waals surface area contributed by atoms with Crippen molar-refractivity contribution in [2.45, 2.75) is 30.4 Å². The molecular formula is C20H22ClN5O2S2. The number of aryl methyl sites for hydroxylation is 1. The Labute approximate surface area is 185 Å². The highest BCUT2D eigenvalue weighted by Crippen LogP contribution is 2.28. The Morgan fingerprint density at radius 1 is 1.00 bits per heavy atom. The van der Waals surface area contributed by atoms with Crippen LogP contribution in [0.4, 0.5) is 23.1 Å². The third-order valence-electron chi connectivity index (χ3n) is 4.73. The van der Waals surface area contributed by atoms with Gasteiger partial charge in [0.05, 0.1) is 4.34 Å². The molecule has 0 spiro atoms. The van der Waals surface area contributed by atoms with Gasteiger partial charge in [-0.1, -0.05) is 11.6 Å². The molecule has 0 radical (unpaired) electrons. The summed E-state index contributed by atoms with van der Waals surface area (Å²) in [6.45, 7) is 3.98. The summed E-state index contributed by atoms with van der Waals surface area (Å²) in [4.78, 5) is 11.4. The number of anilines is 4. The number of hydrogen-bond acceptors (Lipinski definition) is 7. The summed E-state index contributed by atoms with van der Waals surface area (Å²) in [5.74, 6) is 1.46. The minimum Gasteiger partial charge on any atom is -0.356 e. The first-order chi connectivity index (χ1) is 14.4. The number of rotatable bonds is 6. The molecule has 0 amide bonds. The summed E-state index contributed by atoms with van der Waals surface area (Å²) in [5.41, 5.74) is 2.13. The zero-order valence-electron chi connectivity index (χ0n) is 16.4. The van der Waals surface area contributed by atoms with E-state index >= 15 is 0 Å². The molecule has 4 rings (SSSR count). The topological polar surface area (TPSA) is 87.2 Å².